The van der Waals surface area contributed by atoms with Crippen molar-refractivity contribution in [1.29, 1.82) is 0 Å². The van der Waals surface area contributed by atoms with Crippen molar-refractivity contribution in [3.63, 3.8) is 0 Å². The van der Waals surface area contributed by atoms with E-state index in [1.807, 2.05) is 26.0 Å². The van der Waals surface area contributed by atoms with Crippen LogP contribution in [0.15, 0.2) is 24.3 Å². The molecule has 0 saturated carbocycles. The van der Waals surface area contributed by atoms with Crippen molar-refractivity contribution in [2.24, 2.45) is 0 Å². The third-order valence-electron chi connectivity index (χ3n) is 2.82. The Hall–Kier alpha value is -1.84. The van der Waals surface area contributed by atoms with Crippen molar-refractivity contribution in [3.8, 4) is 0 Å². The maximum absolute atomic E-state index is 12.0. The van der Waals surface area contributed by atoms with Gasteiger partial charge >= 0.3 is 11.9 Å². The first-order valence-electron chi connectivity index (χ1n) is 6.39. The number of carbonyl (C=O) groups is 2. The Morgan fingerprint density at radius 1 is 1.16 bits per heavy atom. The Morgan fingerprint density at radius 2 is 1.74 bits per heavy atom. The van der Waals surface area contributed by atoms with Gasteiger partial charge in [-0.15, -0.1) is 0 Å². The van der Waals surface area contributed by atoms with E-state index in [-0.39, 0.29) is 5.97 Å². The Labute approximate surface area is 113 Å². The van der Waals surface area contributed by atoms with Gasteiger partial charge in [-0.25, -0.2) is 4.79 Å². The highest BCUT2D eigenvalue weighted by Gasteiger charge is 2.22. The minimum Gasteiger partial charge on any atom is -0.459 e. The summed E-state index contributed by atoms with van der Waals surface area (Å²) < 4.78 is 10.4. The van der Waals surface area contributed by atoms with Gasteiger partial charge in [0.15, 0.2) is 0 Å². The number of hydrogen-bond donors (Lipinski definition) is 0. The molecule has 0 heterocycles. The molecule has 4 nitrogen and oxygen atoms in total. The second-order valence-electron chi connectivity index (χ2n) is 4.53. The zero-order valence-corrected chi connectivity index (χ0v) is 11.8. The van der Waals surface area contributed by atoms with Gasteiger partial charge in [0, 0.05) is 6.92 Å². The first-order chi connectivity index (χ1) is 8.93. The predicted octanol–water partition coefficient (Wildman–Crippen LogP) is 2.88. The van der Waals surface area contributed by atoms with E-state index in [4.69, 9.17) is 9.47 Å². The lowest BCUT2D eigenvalue weighted by molar-refractivity contribution is -0.151. The monoisotopic (exact) mass is 264 g/mol. The van der Waals surface area contributed by atoms with Crippen molar-refractivity contribution < 1.29 is 19.1 Å². The van der Waals surface area contributed by atoms with Gasteiger partial charge < -0.3 is 9.47 Å². The predicted molar refractivity (Wildman–Crippen MR) is 71.9 cm³/mol. The summed E-state index contributed by atoms with van der Waals surface area (Å²) in [6.45, 7) is 6.89. The average molecular weight is 264 g/mol. The minimum atomic E-state index is -0.447. The van der Waals surface area contributed by atoms with Crippen molar-refractivity contribution in [2.45, 2.75) is 46.3 Å². The number of carbonyl (C=O) groups excluding carboxylic acids is 2. The highest BCUT2D eigenvalue weighted by molar-refractivity contribution is 5.89. The summed E-state index contributed by atoms with van der Waals surface area (Å²) in [7, 11) is 0. The van der Waals surface area contributed by atoms with Crippen LogP contribution in [0.1, 0.15) is 43.1 Å². The standard InChI is InChI=1S/C15H20O4/c1-5-14(11(3)18-12(4)16)19-15(17)13-8-6-10(2)7-9-13/h6-9,11,14H,5H2,1-4H3. The molecule has 0 spiro atoms. The first kappa shape index (κ1) is 15.2. The van der Waals surface area contributed by atoms with E-state index >= 15 is 0 Å². The summed E-state index contributed by atoms with van der Waals surface area (Å²) in [5, 5.41) is 0. The van der Waals surface area contributed by atoms with Gasteiger partial charge in [-0.1, -0.05) is 24.6 Å². The van der Waals surface area contributed by atoms with E-state index in [2.05, 4.69) is 0 Å². The van der Waals surface area contributed by atoms with Crippen LogP contribution in [0.4, 0.5) is 0 Å². The molecule has 0 aliphatic rings. The van der Waals surface area contributed by atoms with E-state index in [9.17, 15) is 9.59 Å². The van der Waals surface area contributed by atoms with Crippen LogP contribution in [0, 0.1) is 6.92 Å². The van der Waals surface area contributed by atoms with Gasteiger partial charge in [0.25, 0.3) is 0 Å². The highest BCUT2D eigenvalue weighted by Crippen LogP contribution is 2.12. The molecule has 0 amide bonds. The van der Waals surface area contributed by atoms with Gasteiger partial charge in [-0.3, -0.25) is 4.79 Å². The largest absolute Gasteiger partial charge is 0.459 e. The van der Waals surface area contributed by atoms with Gasteiger partial charge in [0.05, 0.1) is 5.56 Å². The Kier molecular flexibility index (Phi) is 5.55. The van der Waals surface area contributed by atoms with E-state index in [1.165, 1.54) is 6.92 Å². The van der Waals surface area contributed by atoms with Crippen LogP contribution in [0.5, 0.6) is 0 Å². The number of hydrogen-bond acceptors (Lipinski definition) is 4. The first-order valence-corrected chi connectivity index (χ1v) is 6.39. The number of esters is 2. The van der Waals surface area contributed by atoms with Crippen molar-refractivity contribution in [3.05, 3.63) is 35.4 Å². The van der Waals surface area contributed by atoms with Gasteiger partial charge in [0.1, 0.15) is 12.2 Å². The second-order valence-corrected chi connectivity index (χ2v) is 4.53. The molecule has 0 saturated heterocycles. The summed E-state index contributed by atoms with van der Waals surface area (Å²) in [5.74, 6) is -0.775. The second kappa shape index (κ2) is 6.92. The van der Waals surface area contributed by atoms with Crippen molar-refractivity contribution >= 4 is 11.9 Å². The molecular weight excluding hydrogens is 244 g/mol. The zero-order chi connectivity index (χ0) is 14.4. The average Bonchev–Trinajstić information content (AvgIpc) is 2.35. The van der Waals surface area contributed by atoms with Crippen molar-refractivity contribution in [2.75, 3.05) is 0 Å². The molecule has 1 rings (SSSR count). The lowest BCUT2D eigenvalue weighted by Gasteiger charge is -2.22. The molecule has 0 aliphatic carbocycles. The van der Waals surface area contributed by atoms with Crippen LogP contribution in [-0.4, -0.2) is 24.1 Å². The third kappa shape index (κ3) is 4.73. The van der Waals surface area contributed by atoms with E-state index in [0.717, 1.165) is 5.56 Å². The number of rotatable bonds is 5. The SMILES string of the molecule is CCC(OC(=O)c1ccc(C)cc1)C(C)OC(C)=O. The molecule has 2 unspecified atom stereocenters. The Bertz CT molecular complexity index is 436. The van der Waals surface area contributed by atoms with Crippen LogP contribution in [-0.2, 0) is 14.3 Å². The normalized spacial score (nSPS) is 13.5. The number of aryl methyl sites for hydroxylation is 1. The molecule has 0 aliphatic heterocycles. The molecule has 0 aromatic heterocycles. The van der Waals surface area contributed by atoms with Crippen LogP contribution in [0.3, 0.4) is 0 Å². The smallest absolute Gasteiger partial charge is 0.338 e. The summed E-state index contributed by atoms with van der Waals surface area (Å²) in [5.41, 5.74) is 1.58. The Morgan fingerprint density at radius 3 is 2.21 bits per heavy atom. The quantitative estimate of drug-likeness (QED) is 0.767. The van der Waals surface area contributed by atoms with Crippen LogP contribution < -0.4 is 0 Å². The number of benzene rings is 1. The van der Waals surface area contributed by atoms with E-state index in [0.29, 0.717) is 12.0 Å². The fraction of sp³-hybridized carbons (Fsp3) is 0.467. The molecule has 19 heavy (non-hydrogen) atoms. The van der Waals surface area contributed by atoms with Crippen LogP contribution in [0.2, 0.25) is 0 Å². The molecule has 2 atom stereocenters. The topological polar surface area (TPSA) is 52.6 Å². The lowest BCUT2D eigenvalue weighted by atomic mass is 10.1. The van der Waals surface area contributed by atoms with E-state index < -0.39 is 18.2 Å². The summed E-state index contributed by atoms with van der Waals surface area (Å²) in [4.78, 5) is 22.9. The fourth-order valence-corrected chi connectivity index (χ4v) is 1.74. The molecule has 0 N–H and O–H groups in total. The van der Waals surface area contributed by atoms with Crippen LogP contribution >= 0.6 is 0 Å². The molecule has 104 valence electrons. The van der Waals surface area contributed by atoms with Crippen molar-refractivity contribution in [1.82, 2.24) is 0 Å². The minimum absolute atomic E-state index is 0.377. The third-order valence-corrected chi connectivity index (χ3v) is 2.82. The van der Waals surface area contributed by atoms with Gasteiger partial charge in [-0.2, -0.15) is 0 Å². The van der Waals surface area contributed by atoms with Gasteiger partial charge in [-0.05, 0) is 32.4 Å². The lowest BCUT2D eigenvalue weighted by Crippen LogP contribution is -2.32. The zero-order valence-electron chi connectivity index (χ0n) is 11.8. The van der Waals surface area contributed by atoms with Crippen LogP contribution in [0.25, 0.3) is 0 Å². The van der Waals surface area contributed by atoms with E-state index in [1.54, 1.807) is 19.1 Å². The van der Waals surface area contributed by atoms with Gasteiger partial charge in [0.2, 0.25) is 0 Å². The molecule has 1 aromatic rings. The molecule has 0 radical (unpaired) electrons. The summed E-state index contributed by atoms with van der Waals surface area (Å²) in [6.07, 6.45) is -0.291. The molecule has 1 aromatic carbocycles. The molecular formula is C15H20O4. The Balaban J connectivity index is 2.67. The highest BCUT2D eigenvalue weighted by atomic mass is 16.6. The summed E-state index contributed by atoms with van der Waals surface area (Å²) >= 11 is 0. The fourth-order valence-electron chi connectivity index (χ4n) is 1.74. The molecule has 0 bridgehead atoms. The molecule has 0 fully saturated rings. The summed E-state index contributed by atoms with van der Waals surface area (Å²) in [6, 6.07) is 7.15. The molecule has 4 heteroatoms. The maximum atomic E-state index is 12.0. The maximum Gasteiger partial charge on any atom is 0.338 e. The number of ether oxygens (including phenoxy) is 2.